The highest BCUT2D eigenvalue weighted by Gasteiger charge is 2.29. The topological polar surface area (TPSA) is 38.3 Å². The van der Waals surface area contributed by atoms with Crippen LogP contribution in [0.25, 0.3) is 0 Å². The van der Waals surface area contributed by atoms with Gasteiger partial charge in [-0.2, -0.15) is 0 Å². The molecular weight excluding hydrogens is 262 g/mol. The number of benzene rings is 1. The van der Waals surface area contributed by atoms with Crippen LogP contribution >= 0.6 is 0 Å². The zero-order chi connectivity index (χ0) is 15.2. The molecule has 2 rings (SSSR count). The SMILES string of the molecule is CCOC(=O)C(NC1CCC(C)C(C)C1)c1ccccc1. The minimum absolute atomic E-state index is 0.171. The smallest absolute Gasteiger partial charge is 0.327 e. The van der Waals surface area contributed by atoms with Gasteiger partial charge >= 0.3 is 5.97 Å². The maximum Gasteiger partial charge on any atom is 0.327 e. The van der Waals surface area contributed by atoms with Crippen molar-refractivity contribution in [1.82, 2.24) is 5.32 Å². The Balaban J connectivity index is 2.08. The Labute approximate surface area is 128 Å². The molecule has 0 bridgehead atoms. The Hall–Kier alpha value is -1.35. The molecule has 3 heteroatoms. The summed E-state index contributed by atoms with van der Waals surface area (Å²) in [6.07, 6.45) is 3.49. The van der Waals surface area contributed by atoms with Gasteiger partial charge in [0.2, 0.25) is 0 Å². The predicted octanol–water partition coefficient (Wildman–Crippen LogP) is 3.71. The van der Waals surface area contributed by atoms with Gasteiger partial charge in [0, 0.05) is 6.04 Å². The molecule has 1 aromatic rings. The molecule has 116 valence electrons. The van der Waals surface area contributed by atoms with Crippen LogP contribution < -0.4 is 5.32 Å². The van der Waals surface area contributed by atoms with E-state index >= 15 is 0 Å². The number of carbonyl (C=O) groups excluding carboxylic acids is 1. The molecule has 4 atom stereocenters. The first kappa shape index (κ1) is 16.0. The normalized spacial score (nSPS) is 27.1. The lowest BCUT2D eigenvalue weighted by Gasteiger charge is -2.34. The molecule has 1 fully saturated rings. The van der Waals surface area contributed by atoms with E-state index in [-0.39, 0.29) is 12.0 Å². The van der Waals surface area contributed by atoms with Gasteiger partial charge in [0.05, 0.1) is 6.61 Å². The predicted molar refractivity (Wildman–Crippen MR) is 84.9 cm³/mol. The summed E-state index contributed by atoms with van der Waals surface area (Å²) >= 11 is 0. The van der Waals surface area contributed by atoms with Gasteiger partial charge in [-0.3, -0.25) is 5.32 Å². The average molecular weight is 289 g/mol. The molecule has 1 aliphatic rings. The van der Waals surface area contributed by atoms with Crippen LogP contribution in [0.15, 0.2) is 30.3 Å². The number of hydrogen-bond acceptors (Lipinski definition) is 3. The van der Waals surface area contributed by atoms with Crippen molar-refractivity contribution in [3.8, 4) is 0 Å². The van der Waals surface area contributed by atoms with Crippen LogP contribution in [0.4, 0.5) is 0 Å². The molecule has 1 N–H and O–H groups in total. The fourth-order valence-electron chi connectivity index (χ4n) is 3.11. The quantitative estimate of drug-likeness (QED) is 0.840. The second-order valence-corrected chi connectivity index (χ2v) is 6.23. The standard InChI is InChI=1S/C18H27NO2/c1-4-21-18(20)17(15-8-6-5-7-9-15)19-16-11-10-13(2)14(3)12-16/h5-9,13-14,16-17,19H,4,10-12H2,1-3H3. The van der Waals surface area contributed by atoms with E-state index < -0.39 is 0 Å². The first-order chi connectivity index (χ1) is 10.1. The number of esters is 1. The van der Waals surface area contributed by atoms with Gasteiger partial charge in [-0.25, -0.2) is 4.79 Å². The molecule has 0 saturated heterocycles. The number of hydrogen-bond donors (Lipinski definition) is 1. The molecule has 0 aliphatic heterocycles. The third-order valence-corrected chi connectivity index (χ3v) is 4.66. The van der Waals surface area contributed by atoms with Crippen molar-refractivity contribution in [2.24, 2.45) is 11.8 Å². The molecule has 4 unspecified atom stereocenters. The minimum Gasteiger partial charge on any atom is -0.465 e. The maximum absolute atomic E-state index is 12.3. The van der Waals surface area contributed by atoms with Crippen molar-refractivity contribution >= 4 is 5.97 Å². The monoisotopic (exact) mass is 289 g/mol. The Morgan fingerprint density at radius 2 is 1.95 bits per heavy atom. The van der Waals surface area contributed by atoms with E-state index in [4.69, 9.17) is 4.74 Å². The van der Waals surface area contributed by atoms with E-state index in [9.17, 15) is 4.79 Å². The second-order valence-electron chi connectivity index (χ2n) is 6.23. The summed E-state index contributed by atoms with van der Waals surface area (Å²) in [6.45, 7) is 6.90. The molecular formula is C18H27NO2. The third-order valence-electron chi connectivity index (χ3n) is 4.66. The fourth-order valence-corrected chi connectivity index (χ4v) is 3.11. The van der Waals surface area contributed by atoms with E-state index in [0.717, 1.165) is 24.3 Å². The van der Waals surface area contributed by atoms with Gasteiger partial charge in [0.1, 0.15) is 6.04 Å². The van der Waals surface area contributed by atoms with E-state index in [2.05, 4.69) is 19.2 Å². The van der Waals surface area contributed by atoms with Crippen molar-refractivity contribution in [2.75, 3.05) is 6.61 Å². The highest BCUT2D eigenvalue weighted by Crippen LogP contribution is 2.30. The number of rotatable bonds is 5. The lowest BCUT2D eigenvalue weighted by molar-refractivity contribution is -0.146. The lowest BCUT2D eigenvalue weighted by Crippen LogP contribution is -2.41. The number of carbonyl (C=O) groups is 1. The molecule has 21 heavy (non-hydrogen) atoms. The zero-order valence-corrected chi connectivity index (χ0v) is 13.3. The van der Waals surface area contributed by atoms with E-state index in [0.29, 0.717) is 18.6 Å². The van der Waals surface area contributed by atoms with Crippen molar-refractivity contribution < 1.29 is 9.53 Å². The number of nitrogens with one attached hydrogen (secondary N) is 1. The summed E-state index contributed by atoms with van der Waals surface area (Å²) in [5.41, 5.74) is 0.988. The summed E-state index contributed by atoms with van der Waals surface area (Å²) in [5.74, 6) is 1.31. The Kier molecular flexibility index (Phi) is 5.80. The van der Waals surface area contributed by atoms with Gasteiger partial charge in [-0.1, -0.05) is 44.2 Å². The first-order valence-electron chi connectivity index (χ1n) is 8.09. The van der Waals surface area contributed by atoms with Crippen LogP contribution in [-0.2, 0) is 9.53 Å². The molecule has 1 aliphatic carbocycles. The Morgan fingerprint density at radius 1 is 1.24 bits per heavy atom. The van der Waals surface area contributed by atoms with E-state index in [1.807, 2.05) is 37.3 Å². The van der Waals surface area contributed by atoms with E-state index in [1.165, 1.54) is 6.42 Å². The summed E-state index contributed by atoms with van der Waals surface area (Å²) in [4.78, 5) is 12.3. The van der Waals surface area contributed by atoms with E-state index in [1.54, 1.807) is 0 Å². The fraction of sp³-hybridized carbons (Fsp3) is 0.611. The lowest BCUT2D eigenvalue weighted by atomic mass is 9.79. The highest BCUT2D eigenvalue weighted by atomic mass is 16.5. The van der Waals surface area contributed by atoms with Crippen LogP contribution in [0.2, 0.25) is 0 Å². The van der Waals surface area contributed by atoms with Crippen LogP contribution in [0, 0.1) is 11.8 Å². The molecule has 0 spiro atoms. The zero-order valence-electron chi connectivity index (χ0n) is 13.3. The van der Waals surface area contributed by atoms with Crippen LogP contribution in [0.5, 0.6) is 0 Å². The largest absolute Gasteiger partial charge is 0.465 e. The summed E-state index contributed by atoms with van der Waals surface area (Å²) in [7, 11) is 0. The molecule has 0 amide bonds. The summed E-state index contributed by atoms with van der Waals surface area (Å²) in [6, 6.07) is 9.93. The van der Waals surface area contributed by atoms with Crippen molar-refractivity contribution in [3.63, 3.8) is 0 Å². The second kappa shape index (κ2) is 7.60. The Morgan fingerprint density at radius 3 is 2.57 bits per heavy atom. The van der Waals surface area contributed by atoms with Crippen LogP contribution in [-0.4, -0.2) is 18.6 Å². The van der Waals surface area contributed by atoms with Gasteiger partial charge in [0.15, 0.2) is 0 Å². The highest BCUT2D eigenvalue weighted by molar-refractivity contribution is 5.77. The van der Waals surface area contributed by atoms with Gasteiger partial charge in [-0.15, -0.1) is 0 Å². The summed E-state index contributed by atoms with van der Waals surface area (Å²) < 4.78 is 5.25. The first-order valence-corrected chi connectivity index (χ1v) is 8.09. The van der Waals surface area contributed by atoms with Gasteiger partial charge in [0.25, 0.3) is 0 Å². The number of ether oxygens (including phenoxy) is 1. The van der Waals surface area contributed by atoms with Crippen molar-refractivity contribution in [2.45, 2.75) is 52.1 Å². The third kappa shape index (κ3) is 4.31. The summed E-state index contributed by atoms with van der Waals surface area (Å²) in [5, 5.41) is 3.53. The van der Waals surface area contributed by atoms with Crippen molar-refractivity contribution in [1.29, 1.82) is 0 Å². The molecule has 1 saturated carbocycles. The van der Waals surface area contributed by atoms with Crippen LogP contribution in [0.3, 0.4) is 0 Å². The Bertz CT molecular complexity index is 446. The maximum atomic E-state index is 12.3. The van der Waals surface area contributed by atoms with Gasteiger partial charge in [-0.05, 0) is 43.6 Å². The van der Waals surface area contributed by atoms with Crippen molar-refractivity contribution in [3.05, 3.63) is 35.9 Å². The minimum atomic E-state index is -0.350. The molecule has 3 nitrogen and oxygen atoms in total. The molecule has 0 heterocycles. The molecule has 0 aromatic heterocycles. The average Bonchev–Trinajstić information content (AvgIpc) is 2.49. The van der Waals surface area contributed by atoms with Gasteiger partial charge < -0.3 is 4.74 Å². The molecule has 0 radical (unpaired) electrons. The van der Waals surface area contributed by atoms with Crippen LogP contribution in [0.1, 0.15) is 51.6 Å². The molecule has 1 aromatic carbocycles.